The summed E-state index contributed by atoms with van der Waals surface area (Å²) in [5.41, 5.74) is 5.75. The van der Waals surface area contributed by atoms with Gasteiger partial charge in [-0.1, -0.05) is 0 Å². The Morgan fingerprint density at radius 2 is 2.42 bits per heavy atom. The highest BCUT2D eigenvalue weighted by Crippen LogP contribution is 2.42. The van der Waals surface area contributed by atoms with Crippen LogP contribution in [0.15, 0.2) is 11.1 Å². The molecule has 102 valence electrons. The summed E-state index contributed by atoms with van der Waals surface area (Å²) in [6.45, 7) is -0.0921. The first-order valence-corrected chi connectivity index (χ1v) is 6.71. The van der Waals surface area contributed by atoms with E-state index < -0.39 is 6.10 Å². The number of fused-ring (bicyclic) bond motifs is 1. The average Bonchev–Trinajstić information content (AvgIpc) is 2.92. The van der Waals surface area contributed by atoms with Crippen LogP contribution in [0, 0.1) is 0 Å². The summed E-state index contributed by atoms with van der Waals surface area (Å²) in [5, 5.41) is 18.6. The van der Waals surface area contributed by atoms with Crippen LogP contribution in [0.3, 0.4) is 0 Å². The van der Waals surface area contributed by atoms with Crippen LogP contribution in [0.25, 0.3) is 11.2 Å². The van der Waals surface area contributed by atoms with Crippen LogP contribution in [0.4, 0.5) is 5.95 Å². The molecule has 0 unspecified atom stereocenters. The number of nitrogens with one attached hydrogen (secondary N) is 1. The summed E-state index contributed by atoms with van der Waals surface area (Å²) in [6.07, 6.45) is 1.39. The third kappa shape index (κ3) is 1.99. The Balaban J connectivity index is 2.05. The van der Waals surface area contributed by atoms with E-state index in [-0.39, 0.29) is 34.3 Å². The molecule has 9 heteroatoms. The lowest BCUT2D eigenvalue weighted by atomic mass is 10.2. The van der Waals surface area contributed by atoms with Gasteiger partial charge in [-0.3, -0.25) is 9.78 Å². The highest BCUT2D eigenvalue weighted by molar-refractivity contribution is 8.00. The van der Waals surface area contributed by atoms with Gasteiger partial charge >= 0.3 is 0 Å². The molecule has 0 aliphatic carbocycles. The number of hydrogen-bond donors (Lipinski definition) is 4. The standard InChI is InChI=1S/C10H13N5O3S/c11-10-13-8-7(9(18)14-10)12-3-15(8)6-1-4(17)5(2-16)19-6/h3-6,16-17H,1-2H2,(H3,11,13,14,18)/t4-,5+,6-/m0/s1. The normalized spacial score (nSPS) is 27.2. The van der Waals surface area contributed by atoms with Gasteiger partial charge in [0.05, 0.1) is 29.7 Å². The smallest absolute Gasteiger partial charge is 0.280 e. The Morgan fingerprint density at radius 3 is 3.11 bits per heavy atom. The van der Waals surface area contributed by atoms with E-state index in [1.165, 1.54) is 18.1 Å². The van der Waals surface area contributed by atoms with Crippen LogP contribution in [-0.2, 0) is 0 Å². The Morgan fingerprint density at radius 1 is 1.63 bits per heavy atom. The molecule has 1 fully saturated rings. The molecule has 0 saturated carbocycles. The maximum Gasteiger partial charge on any atom is 0.280 e. The number of imidazole rings is 1. The highest BCUT2D eigenvalue weighted by Gasteiger charge is 2.35. The molecule has 2 aromatic heterocycles. The fourth-order valence-corrected chi connectivity index (χ4v) is 3.58. The van der Waals surface area contributed by atoms with Crippen LogP contribution in [0.1, 0.15) is 11.8 Å². The van der Waals surface area contributed by atoms with Gasteiger partial charge in [0.15, 0.2) is 11.2 Å². The van der Waals surface area contributed by atoms with Crippen molar-refractivity contribution in [2.24, 2.45) is 0 Å². The van der Waals surface area contributed by atoms with Crippen LogP contribution in [-0.4, -0.2) is 47.7 Å². The summed E-state index contributed by atoms with van der Waals surface area (Å²) in [4.78, 5) is 22.2. The highest BCUT2D eigenvalue weighted by atomic mass is 32.2. The summed E-state index contributed by atoms with van der Waals surface area (Å²) >= 11 is 1.43. The number of anilines is 1. The molecule has 5 N–H and O–H groups in total. The second kappa shape index (κ2) is 4.51. The van der Waals surface area contributed by atoms with Gasteiger partial charge in [0.2, 0.25) is 5.95 Å². The molecule has 1 saturated heterocycles. The number of rotatable bonds is 2. The molecule has 0 bridgehead atoms. The molecule has 2 aromatic rings. The third-order valence-electron chi connectivity index (χ3n) is 3.15. The first kappa shape index (κ1) is 12.5. The molecule has 1 aliphatic rings. The Kier molecular flexibility index (Phi) is 2.96. The fourth-order valence-electron chi connectivity index (χ4n) is 2.20. The van der Waals surface area contributed by atoms with Crippen LogP contribution in [0.2, 0.25) is 0 Å². The molecule has 0 spiro atoms. The monoisotopic (exact) mass is 283 g/mol. The minimum atomic E-state index is -0.586. The predicted molar refractivity (Wildman–Crippen MR) is 70.7 cm³/mol. The number of hydrogen-bond acceptors (Lipinski definition) is 7. The maximum atomic E-state index is 11.7. The van der Waals surface area contributed by atoms with Gasteiger partial charge in [-0.15, -0.1) is 11.8 Å². The van der Waals surface area contributed by atoms with Crippen LogP contribution in [0.5, 0.6) is 0 Å². The lowest BCUT2D eigenvalue weighted by Gasteiger charge is -2.11. The molecule has 0 amide bonds. The first-order chi connectivity index (χ1) is 9.10. The largest absolute Gasteiger partial charge is 0.395 e. The first-order valence-electron chi connectivity index (χ1n) is 5.77. The van der Waals surface area contributed by atoms with E-state index in [9.17, 15) is 9.90 Å². The van der Waals surface area contributed by atoms with Crippen molar-refractivity contribution in [2.75, 3.05) is 12.3 Å². The quantitative estimate of drug-likeness (QED) is 0.559. The zero-order chi connectivity index (χ0) is 13.6. The topological polar surface area (TPSA) is 130 Å². The van der Waals surface area contributed by atoms with Gasteiger partial charge in [0, 0.05) is 6.42 Å². The van der Waals surface area contributed by atoms with Crippen molar-refractivity contribution in [3.8, 4) is 0 Å². The van der Waals surface area contributed by atoms with E-state index >= 15 is 0 Å². The van der Waals surface area contributed by atoms with Crippen molar-refractivity contribution in [3.05, 3.63) is 16.7 Å². The zero-order valence-corrected chi connectivity index (χ0v) is 10.7. The number of H-pyrrole nitrogens is 1. The number of nitrogens with zero attached hydrogens (tertiary/aromatic N) is 3. The summed E-state index contributed by atoms with van der Waals surface area (Å²) in [5.74, 6) is 0.0292. The molecular formula is C10H13N5O3S. The van der Waals surface area contributed by atoms with Gasteiger partial charge in [0.25, 0.3) is 5.56 Å². The lowest BCUT2D eigenvalue weighted by Crippen LogP contribution is -2.20. The lowest BCUT2D eigenvalue weighted by molar-refractivity contribution is 0.138. The number of nitrogen functional groups attached to an aromatic ring is 1. The number of aromatic nitrogens is 4. The summed E-state index contributed by atoms with van der Waals surface area (Å²) in [6, 6.07) is 0. The SMILES string of the molecule is Nc1nc2c(ncn2[C@@H]2C[C@H](O)[C@@H](CO)S2)c(=O)[nH]1. The predicted octanol–water partition coefficient (Wildman–Crippen LogP) is -0.941. The van der Waals surface area contributed by atoms with E-state index in [0.29, 0.717) is 12.1 Å². The van der Waals surface area contributed by atoms with Crippen molar-refractivity contribution in [1.29, 1.82) is 0 Å². The number of thioether (sulfide) groups is 1. The molecule has 8 nitrogen and oxygen atoms in total. The van der Waals surface area contributed by atoms with Crippen molar-refractivity contribution in [3.63, 3.8) is 0 Å². The van der Waals surface area contributed by atoms with Crippen LogP contribution < -0.4 is 11.3 Å². The van der Waals surface area contributed by atoms with E-state index in [0.717, 1.165) is 0 Å². The second-order valence-corrected chi connectivity index (χ2v) is 5.81. The number of nitrogens with two attached hydrogens (primary N) is 1. The average molecular weight is 283 g/mol. The molecule has 3 atom stereocenters. The van der Waals surface area contributed by atoms with Crippen LogP contribution >= 0.6 is 11.8 Å². The summed E-state index contributed by atoms with van der Waals surface area (Å²) < 4.78 is 1.71. The molecule has 1 aliphatic heterocycles. The Hall–Kier alpha value is -1.58. The Bertz CT molecular complexity index is 669. The van der Waals surface area contributed by atoms with Gasteiger partial charge in [-0.05, 0) is 0 Å². The molecule has 3 heterocycles. The fraction of sp³-hybridized carbons (Fsp3) is 0.500. The van der Waals surface area contributed by atoms with Gasteiger partial charge in [0.1, 0.15) is 0 Å². The van der Waals surface area contributed by atoms with Crippen molar-refractivity contribution in [1.82, 2.24) is 19.5 Å². The minimum absolute atomic E-state index is 0.0292. The molecule has 0 aromatic carbocycles. The van der Waals surface area contributed by atoms with Gasteiger partial charge in [-0.2, -0.15) is 4.98 Å². The van der Waals surface area contributed by atoms with E-state index in [1.807, 2.05) is 0 Å². The molecular weight excluding hydrogens is 270 g/mol. The van der Waals surface area contributed by atoms with Gasteiger partial charge < -0.3 is 20.5 Å². The van der Waals surface area contributed by atoms with E-state index in [1.54, 1.807) is 4.57 Å². The third-order valence-corrected chi connectivity index (χ3v) is 4.69. The molecule has 3 rings (SSSR count). The molecule has 0 radical (unpaired) electrons. The maximum absolute atomic E-state index is 11.7. The number of aliphatic hydroxyl groups excluding tert-OH is 2. The number of aromatic amines is 1. The van der Waals surface area contributed by atoms with Gasteiger partial charge in [-0.25, -0.2) is 4.98 Å². The minimum Gasteiger partial charge on any atom is -0.395 e. The summed E-state index contributed by atoms with van der Waals surface area (Å²) in [7, 11) is 0. The number of aliphatic hydroxyl groups is 2. The van der Waals surface area contributed by atoms with Crippen molar-refractivity contribution in [2.45, 2.75) is 23.1 Å². The van der Waals surface area contributed by atoms with E-state index in [2.05, 4.69) is 15.0 Å². The Labute approximate surface area is 111 Å². The molecule has 19 heavy (non-hydrogen) atoms. The van der Waals surface area contributed by atoms with E-state index in [4.69, 9.17) is 10.8 Å². The second-order valence-electron chi connectivity index (χ2n) is 4.39. The van der Waals surface area contributed by atoms with Crippen molar-refractivity contribution < 1.29 is 10.2 Å². The van der Waals surface area contributed by atoms with Crippen molar-refractivity contribution >= 4 is 28.9 Å². The zero-order valence-electron chi connectivity index (χ0n) is 9.85.